The minimum absolute atomic E-state index is 0.561. The zero-order chi connectivity index (χ0) is 22.9. The second-order valence-corrected chi connectivity index (χ2v) is 9.70. The van der Waals surface area contributed by atoms with Crippen LogP contribution in [-0.2, 0) is 19.4 Å². The topological polar surface area (TPSA) is 71.8 Å². The number of anilines is 2. The van der Waals surface area contributed by atoms with Gasteiger partial charge in [-0.15, -0.1) is 5.10 Å². The second kappa shape index (κ2) is 9.14. The smallest absolute Gasteiger partial charge is 0.229 e. The van der Waals surface area contributed by atoms with Crippen molar-refractivity contribution in [3.63, 3.8) is 0 Å². The van der Waals surface area contributed by atoms with Crippen molar-refractivity contribution in [1.29, 1.82) is 0 Å². The van der Waals surface area contributed by atoms with Gasteiger partial charge in [-0.05, 0) is 74.0 Å². The van der Waals surface area contributed by atoms with Gasteiger partial charge in [-0.25, -0.2) is 4.98 Å². The standard InChI is InChI=1S/C27H31N7/c1-33(23-11-3-2-4-12-23)18-21-8-5-6-13-25(21)34-26-24(31-32-34)17-28-27(30-26)29-22-15-14-19-9-7-10-20(19)16-22/h5-6,8,13-17,23H,2-4,7,9-12,18H2,1H3,(H,28,29,30). The molecule has 7 heteroatoms. The van der Waals surface area contributed by atoms with E-state index in [1.54, 1.807) is 6.20 Å². The van der Waals surface area contributed by atoms with E-state index in [1.165, 1.54) is 61.6 Å². The number of hydrogen-bond donors (Lipinski definition) is 1. The Labute approximate surface area is 200 Å². The highest BCUT2D eigenvalue weighted by atomic mass is 15.4. The van der Waals surface area contributed by atoms with Crippen LogP contribution in [0.25, 0.3) is 16.9 Å². The fourth-order valence-corrected chi connectivity index (χ4v) is 5.50. The van der Waals surface area contributed by atoms with Crippen LogP contribution in [-0.4, -0.2) is 43.0 Å². The molecule has 2 aliphatic rings. The lowest BCUT2D eigenvalue weighted by molar-refractivity contribution is 0.184. The van der Waals surface area contributed by atoms with Gasteiger partial charge < -0.3 is 5.32 Å². The van der Waals surface area contributed by atoms with Gasteiger partial charge in [0.05, 0.1) is 11.9 Å². The molecule has 0 amide bonds. The molecule has 2 aliphatic carbocycles. The number of nitrogens with one attached hydrogen (secondary N) is 1. The molecule has 0 unspecified atom stereocenters. The molecule has 2 aromatic carbocycles. The number of aryl methyl sites for hydroxylation is 2. The predicted octanol–water partition coefficient (Wildman–Crippen LogP) is 5.21. The van der Waals surface area contributed by atoms with Crippen LogP contribution in [0.5, 0.6) is 0 Å². The zero-order valence-electron chi connectivity index (χ0n) is 19.7. The van der Waals surface area contributed by atoms with Crippen molar-refractivity contribution in [2.75, 3.05) is 12.4 Å². The zero-order valence-corrected chi connectivity index (χ0v) is 19.7. The maximum Gasteiger partial charge on any atom is 0.229 e. The predicted molar refractivity (Wildman–Crippen MR) is 135 cm³/mol. The quantitative estimate of drug-likeness (QED) is 0.432. The molecule has 7 nitrogen and oxygen atoms in total. The third-order valence-electron chi connectivity index (χ3n) is 7.38. The largest absolute Gasteiger partial charge is 0.324 e. The molecule has 174 valence electrons. The van der Waals surface area contributed by atoms with Crippen LogP contribution >= 0.6 is 0 Å². The van der Waals surface area contributed by atoms with E-state index in [9.17, 15) is 0 Å². The van der Waals surface area contributed by atoms with E-state index in [-0.39, 0.29) is 0 Å². The Morgan fingerprint density at radius 2 is 1.85 bits per heavy atom. The first-order valence-corrected chi connectivity index (χ1v) is 12.5. The van der Waals surface area contributed by atoms with Crippen LogP contribution in [0.2, 0.25) is 0 Å². The van der Waals surface area contributed by atoms with Gasteiger partial charge in [0.15, 0.2) is 11.2 Å². The monoisotopic (exact) mass is 453 g/mol. The SMILES string of the molecule is CN(Cc1ccccc1-n1nnc2cnc(Nc3ccc4c(c3)CCC4)nc21)C1CCCCC1. The van der Waals surface area contributed by atoms with Crippen LogP contribution in [0.4, 0.5) is 11.6 Å². The number of nitrogens with zero attached hydrogens (tertiary/aromatic N) is 6. The van der Waals surface area contributed by atoms with E-state index in [1.807, 2.05) is 4.68 Å². The van der Waals surface area contributed by atoms with Crippen LogP contribution < -0.4 is 5.32 Å². The molecule has 2 aromatic heterocycles. The highest BCUT2D eigenvalue weighted by Gasteiger charge is 2.20. The molecule has 1 N–H and O–H groups in total. The number of rotatable bonds is 6. The van der Waals surface area contributed by atoms with Crippen molar-refractivity contribution in [3.05, 3.63) is 65.4 Å². The summed E-state index contributed by atoms with van der Waals surface area (Å²) in [5, 5.41) is 12.2. The molecular weight excluding hydrogens is 422 g/mol. The van der Waals surface area contributed by atoms with Crippen LogP contribution in [0.3, 0.4) is 0 Å². The van der Waals surface area contributed by atoms with Gasteiger partial charge in [0, 0.05) is 18.3 Å². The van der Waals surface area contributed by atoms with Gasteiger partial charge >= 0.3 is 0 Å². The summed E-state index contributed by atoms with van der Waals surface area (Å²) in [7, 11) is 2.24. The molecule has 0 atom stereocenters. The second-order valence-electron chi connectivity index (χ2n) is 9.70. The number of para-hydroxylation sites is 1. The van der Waals surface area contributed by atoms with Crippen molar-refractivity contribution in [1.82, 2.24) is 29.9 Å². The lowest BCUT2D eigenvalue weighted by atomic mass is 9.94. The minimum atomic E-state index is 0.561. The van der Waals surface area contributed by atoms with Crippen molar-refractivity contribution < 1.29 is 0 Å². The first-order valence-electron chi connectivity index (χ1n) is 12.5. The summed E-state index contributed by atoms with van der Waals surface area (Å²) in [6, 6.07) is 15.7. The van der Waals surface area contributed by atoms with Crippen molar-refractivity contribution >= 4 is 22.8 Å². The highest BCUT2D eigenvalue weighted by molar-refractivity contribution is 5.73. The number of hydrogen-bond acceptors (Lipinski definition) is 6. The van der Waals surface area contributed by atoms with Crippen LogP contribution in [0, 0.1) is 0 Å². The van der Waals surface area contributed by atoms with E-state index in [2.05, 4.69) is 75.0 Å². The lowest BCUT2D eigenvalue weighted by Crippen LogP contribution is -2.33. The van der Waals surface area contributed by atoms with Gasteiger partial charge in [0.2, 0.25) is 5.95 Å². The molecule has 0 bridgehead atoms. The fraction of sp³-hybridized carbons (Fsp3) is 0.407. The molecule has 4 aromatic rings. The van der Waals surface area contributed by atoms with Crippen LogP contribution in [0.1, 0.15) is 55.2 Å². The summed E-state index contributed by atoms with van der Waals surface area (Å²) in [5.41, 5.74) is 7.56. The minimum Gasteiger partial charge on any atom is -0.324 e. The summed E-state index contributed by atoms with van der Waals surface area (Å²) < 4.78 is 1.86. The Bertz CT molecular complexity index is 1310. The maximum atomic E-state index is 4.81. The normalized spacial score (nSPS) is 16.3. The summed E-state index contributed by atoms with van der Waals surface area (Å²) in [6.07, 6.45) is 11.9. The van der Waals surface area contributed by atoms with Gasteiger partial charge in [-0.3, -0.25) is 4.90 Å². The van der Waals surface area contributed by atoms with E-state index < -0.39 is 0 Å². The number of benzene rings is 2. The third-order valence-corrected chi connectivity index (χ3v) is 7.38. The summed E-state index contributed by atoms with van der Waals surface area (Å²) >= 11 is 0. The maximum absolute atomic E-state index is 4.81. The van der Waals surface area contributed by atoms with Crippen molar-refractivity contribution in [2.45, 2.75) is 64.0 Å². The van der Waals surface area contributed by atoms with Gasteiger partial charge in [0.25, 0.3) is 0 Å². The average Bonchev–Trinajstić information content (AvgIpc) is 3.51. The van der Waals surface area contributed by atoms with Crippen LogP contribution in [0.15, 0.2) is 48.7 Å². The molecule has 2 heterocycles. The van der Waals surface area contributed by atoms with Gasteiger partial charge in [0.1, 0.15) is 0 Å². The summed E-state index contributed by atoms with van der Waals surface area (Å²) in [6.45, 7) is 0.882. The molecule has 1 saturated carbocycles. The van der Waals surface area contributed by atoms with Crippen molar-refractivity contribution in [2.24, 2.45) is 0 Å². The van der Waals surface area contributed by atoms with E-state index in [0.29, 0.717) is 23.2 Å². The first-order chi connectivity index (χ1) is 16.7. The summed E-state index contributed by atoms with van der Waals surface area (Å²) in [5.74, 6) is 0.561. The first kappa shape index (κ1) is 21.2. The molecule has 0 saturated heterocycles. The average molecular weight is 454 g/mol. The molecule has 0 spiro atoms. The molecular formula is C27H31N7. The number of fused-ring (bicyclic) bond motifs is 2. The Hall–Kier alpha value is -3.32. The van der Waals surface area contributed by atoms with Gasteiger partial charge in [-0.2, -0.15) is 9.67 Å². The molecule has 34 heavy (non-hydrogen) atoms. The highest BCUT2D eigenvalue weighted by Crippen LogP contribution is 2.27. The number of aromatic nitrogens is 5. The van der Waals surface area contributed by atoms with Crippen molar-refractivity contribution in [3.8, 4) is 5.69 Å². The lowest BCUT2D eigenvalue weighted by Gasteiger charge is -2.31. The molecule has 0 aliphatic heterocycles. The molecule has 0 radical (unpaired) electrons. The van der Waals surface area contributed by atoms with Gasteiger partial charge in [-0.1, -0.05) is 48.7 Å². The Morgan fingerprint density at radius 3 is 2.76 bits per heavy atom. The Balaban J connectivity index is 1.29. The fourth-order valence-electron chi connectivity index (χ4n) is 5.50. The Morgan fingerprint density at radius 1 is 1.00 bits per heavy atom. The molecule has 1 fully saturated rings. The third kappa shape index (κ3) is 4.16. The van der Waals surface area contributed by atoms with E-state index in [4.69, 9.17) is 4.98 Å². The van der Waals surface area contributed by atoms with E-state index >= 15 is 0 Å². The molecule has 6 rings (SSSR count). The Kier molecular flexibility index (Phi) is 5.71. The van der Waals surface area contributed by atoms with E-state index in [0.717, 1.165) is 24.3 Å². The summed E-state index contributed by atoms with van der Waals surface area (Å²) in [4.78, 5) is 11.8.